The van der Waals surface area contributed by atoms with E-state index >= 15 is 0 Å². The van der Waals surface area contributed by atoms with E-state index in [0.717, 1.165) is 11.1 Å². The first-order valence-corrected chi connectivity index (χ1v) is 9.66. The van der Waals surface area contributed by atoms with Crippen LogP contribution in [0.25, 0.3) is 11.5 Å². The Balaban J connectivity index is 1.38. The maximum absolute atomic E-state index is 12.8. The van der Waals surface area contributed by atoms with Gasteiger partial charge in [-0.1, -0.05) is 18.2 Å². The van der Waals surface area contributed by atoms with Crippen molar-refractivity contribution in [2.75, 3.05) is 26.2 Å². The van der Waals surface area contributed by atoms with Crippen LogP contribution in [0.3, 0.4) is 0 Å². The number of carbonyl (C=O) groups excluding carboxylic acids is 2. The number of aryl methyl sites for hydroxylation is 2. The van der Waals surface area contributed by atoms with E-state index in [2.05, 4.69) is 4.98 Å². The molecule has 1 aliphatic heterocycles. The number of carbonyl (C=O) groups is 2. The number of piperazine rings is 1. The number of amides is 2. The van der Waals surface area contributed by atoms with Gasteiger partial charge in [-0.3, -0.25) is 9.59 Å². The molecular formula is C22H23N3O4. The summed E-state index contributed by atoms with van der Waals surface area (Å²) in [6.45, 7) is 5.79. The number of nitrogens with zero attached hydrogens (tertiary/aromatic N) is 3. The summed E-state index contributed by atoms with van der Waals surface area (Å²) in [5.41, 5.74) is 2.66. The summed E-state index contributed by atoms with van der Waals surface area (Å²) >= 11 is 0. The van der Waals surface area contributed by atoms with Crippen molar-refractivity contribution in [1.29, 1.82) is 0 Å². The molecule has 0 aliphatic carbocycles. The van der Waals surface area contributed by atoms with Crippen molar-refractivity contribution in [3.8, 4) is 11.5 Å². The SMILES string of the molecule is Cc1ccccc1-c1nc(CC(=O)N2CCN(C(=O)c3ccco3)CC2)c(C)o1. The molecule has 1 saturated heterocycles. The van der Waals surface area contributed by atoms with Crippen molar-refractivity contribution in [2.24, 2.45) is 0 Å². The van der Waals surface area contributed by atoms with E-state index in [-0.39, 0.29) is 18.2 Å². The highest BCUT2D eigenvalue weighted by Crippen LogP contribution is 2.25. The predicted molar refractivity (Wildman–Crippen MR) is 106 cm³/mol. The summed E-state index contributed by atoms with van der Waals surface area (Å²) in [7, 11) is 0. The second-order valence-corrected chi connectivity index (χ2v) is 7.16. The van der Waals surface area contributed by atoms with Gasteiger partial charge in [-0.15, -0.1) is 0 Å². The van der Waals surface area contributed by atoms with Gasteiger partial charge in [-0.2, -0.15) is 0 Å². The van der Waals surface area contributed by atoms with Crippen LogP contribution in [-0.4, -0.2) is 52.8 Å². The fourth-order valence-electron chi connectivity index (χ4n) is 3.49. The van der Waals surface area contributed by atoms with Gasteiger partial charge in [0, 0.05) is 31.7 Å². The van der Waals surface area contributed by atoms with E-state index in [0.29, 0.717) is 49.3 Å². The Morgan fingerprint density at radius 3 is 2.41 bits per heavy atom. The molecule has 3 aromatic rings. The van der Waals surface area contributed by atoms with Crippen LogP contribution in [0, 0.1) is 13.8 Å². The van der Waals surface area contributed by atoms with Crippen molar-refractivity contribution >= 4 is 11.8 Å². The second-order valence-electron chi connectivity index (χ2n) is 7.16. The zero-order valence-electron chi connectivity index (χ0n) is 16.6. The number of hydrogen-bond donors (Lipinski definition) is 0. The molecule has 0 bridgehead atoms. The summed E-state index contributed by atoms with van der Waals surface area (Å²) in [5.74, 6) is 1.37. The molecule has 29 heavy (non-hydrogen) atoms. The molecule has 7 nitrogen and oxygen atoms in total. The number of furan rings is 1. The quantitative estimate of drug-likeness (QED) is 0.681. The van der Waals surface area contributed by atoms with Gasteiger partial charge in [0.25, 0.3) is 5.91 Å². The zero-order chi connectivity index (χ0) is 20.4. The molecule has 0 spiro atoms. The molecule has 1 aromatic carbocycles. The third-order valence-corrected chi connectivity index (χ3v) is 5.24. The Bertz CT molecular complexity index is 1010. The number of hydrogen-bond acceptors (Lipinski definition) is 5. The van der Waals surface area contributed by atoms with Crippen LogP contribution in [0.1, 0.15) is 27.6 Å². The Kier molecular flexibility index (Phi) is 5.20. The van der Waals surface area contributed by atoms with Crippen LogP contribution in [-0.2, 0) is 11.2 Å². The van der Waals surface area contributed by atoms with Crippen molar-refractivity contribution in [3.63, 3.8) is 0 Å². The first kappa shape index (κ1) is 19.0. The Hall–Kier alpha value is -3.35. The standard InChI is InChI=1S/C22H23N3O4/c1-15-6-3-4-7-17(15)21-23-18(16(2)29-21)14-20(26)24-9-11-25(12-10-24)22(27)19-8-5-13-28-19/h3-8,13H,9-12,14H2,1-2H3. The number of aromatic nitrogens is 1. The van der Waals surface area contributed by atoms with Crippen LogP contribution in [0.2, 0.25) is 0 Å². The molecule has 2 aromatic heterocycles. The van der Waals surface area contributed by atoms with Crippen LogP contribution >= 0.6 is 0 Å². The average Bonchev–Trinajstić information content (AvgIpc) is 3.38. The lowest BCUT2D eigenvalue weighted by Gasteiger charge is -2.34. The fraction of sp³-hybridized carbons (Fsp3) is 0.318. The molecule has 7 heteroatoms. The summed E-state index contributed by atoms with van der Waals surface area (Å²) in [6.07, 6.45) is 1.67. The van der Waals surface area contributed by atoms with E-state index in [1.54, 1.807) is 21.9 Å². The number of oxazole rings is 1. The first-order valence-electron chi connectivity index (χ1n) is 9.66. The number of benzene rings is 1. The van der Waals surface area contributed by atoms with Crippen LogP contribution < -0.4 is 0 Å². The molecule has 2 amide bonds. The van der Waals surface area contributed by atoms with Crippen LogP contribution in [0.5, 0.6) is 0 Å². The fourth-order valence-corrected chi connectivity index (χ4v) is 3.49. The normalized spacial score (nSPS) is 14.3. The van der Waals surface area contributed by atoms with Crippen molar-refractivity contribution in [1.82, 2.24) is 14.8 Å². The molecule has 0 N–H and O–H groups in total. The molecule has 4 rings (SSSR count). The molecule has 1 fully saturated rings. The van der Waals surface area contributed by atoms with Crippen molar-refractivity contribution in [2.45, 2.75) is 20.3 Å². The summed E-state index contributed by atoms with van der Waals surface area (Å²) < 4.78 is 11.0. The molecule has 3 heterocycles. The largest absolute Gasteiger partial charge is 0.459 e. The lowest BCUT2D eigenvalue weighted by atomic mass is 10.1. The Labute approximate surface area is 168 Å². The van der Waals surface area contributed by atoms with Gasteiger partial charge < -0.3 is 18.6 Å². The monoisotopic (exact) mass is 393 g/mol. The van der Waals surface area contributed by atoms with Gasteiger partial charge in [0.05, 0.1) is 18.4 Å². The minimum absolute atomic E-state index is 0.0113. The molecule has 0 atom stereocenters. The van der Waals surface area contributed by atoms with Gasteiger partial charge in [0.1, 0.15) is 5.76 Å². The Morgan fingerprint density at radius 2 is 1.72 bits per heavy atom. The molecule has 0 radical (unpaired) electrons. The van der Waals surface area contributed by atoms with Gasteiger partial charge in [-0.05, 0) is 37.6 Å². The van der Waals surface area contributed by atoms with Gasteiger partial charge in [0.2, 0.25) is 11.8 Å². The lowest BCUT2D eigenvalue weighted by Crippen LogP contribution is -2.51. The highest BCUT2D eigenvalue weighted by molar-refractivity contribution is 5.91. The van der Waals surface area contributed by atoms with E-state index in [4.69, 9.17) is 8.83 Å². The molecular weight excluding hydrogens is 370 g/mol. The maximum Gasteiger partial charge on any atom is 0.289 e. The molecule has 0 unspecified atom stereocenters. The van der Waals surface area contributed by atoms with Gasteiger partial charge in [0.15, 0.2) is 5.76 Å². The highest BCUT2D eigenvalue weighted by Gasteiger charge is 2.27. The van der Waals surface area contributed by atoms with Crippen molar-refractivity contribution in [3.05, 3.63) is 65.4 Å². The van der Waals surface area contributed by atoms with Crippen LogP contribution in [0.4, 0.5) is 0 Å². The molecule has 0 saturated carbocycles. The summed E-state index contributed by atoms with van der Waals surface area (Å²) in [5, 5.41) is 0. The van der Waals surface area contributed by atoms with Crippen LogP contribution in [0.15, 0.2) is 51.5 Å². The molecule has 1 aliphatic rings. The predicted octanol–water partition coefficient (Wildman–Crippen LogP) is 3.08. The van der Waals surface area contributed by atoms with Gasteiger partial charge in [-0.25, -0.2) is 4.98 Å². The second kappa shape index (κ2) is 7.95. The van der Waals surface area contributed by atoms with E-state index in [9.17, 15) is 9.59 Å². The minimum atomic E-state index is -0.141. The van der Waals surface area contributed by atoms with E-state index in [1.807, 2.05) is 38.1 Å². The number of rotatable bonds is 4. The first-order chi connectivity index (χ1) is 14.0. The third kappa shape index (κ3) is 3.94. The Morgan fingerprint density at radius 1 is 1.00 bits per heavy atom. The van der Waals surface area contributed by atoms with Crippen molar-refractivity contribution < 1.29 is 18.4 Å². The topological polar surface area (TPSA) is 79.8 Å². The smallest absolute Gasteiger partial charge is 0.289 e. The van der Waals surface area contributed by atoms with E-state index < -0.39 is 0 Å². The minimum Gasteiger partial charge on any atom is -0.459 e. The summed E-state index contributed by atoms with van der Waals surface area (Å²) in [6, 6.07) is 11.2. The maximum atomic E-state index is 12.8. The highest BCUT2D eigenvalue weighted by atomic mass is 16.4. The average molecular weight is 393 g/mol. The lowest BCUT2D eigenvalue weighted by molar-refractivity contribution is -0.132. The zero-order valence-corrected chi connectivity index (χ0v) is 16.6. The third-order valence-electron chi connectivity index (χ3n) is 5.24. The van der Waals surface area contributed by atoms with E-state index in [1.165, 1.54) is 6.26 Å². The summed E-state index contributed by atoms with van der Waals surface area (Å²) in [4.78, 5) is 33.1. The molecule has 150 valence electrons. The van der Waals surface area contributed by atoms with Gasteiger partial charge >= 0.3 is 0 Å².